The van der Waals surface area contributed by atoms with Crippen molar-refractivity contribution in [3.8, 4) is 0 Å². The Kier molecular flexibility index (Phi) is 3.81. The van der Waals surface area contributed by atoms with Gasteiger partial charge in [0.1, 0.15) is 0 Å². The molecule has 1 aliphatic rings. The van der Waals surface area contributed by atoms with Crippen molar-refractivity contribution in [3.63, 3.8) is 0 Å². The van der Waals surface area contributed by atoms with Gasteiger partial charge in [-0.1, -0.05) is 23.8 Å². The smallest absolute Gasteiger partial charge is 0.266 e. The van der Waals surface area contributed by atoms with Crippen LogP contribution < -0.4 is 4.31 Å². The number of rotatable bonds is 3. The molecule has 0 aliphatic carbocycles. The highest BCUT2D eigenvalue weighted by Crippen LogP contribution is 2.33. The van der Waals surface area contributed by atoms with Gasteiger partial charge in [-0.3, -0.25) is 14.4 Å². The summed E-state index contributed by atoms with van der Waals surface area (Å²) in [5.41, 5.74) is 2.50. The topological polar surface area (TPSA) is 80.5 Å². The maximum Gasteiger partial charge on any atom is 0.270 e. The number of non-ortho nitro benzene ring substituents is 1. The van der Waals surface area contributed by atoms with Crippen LogP contribution in [-0.2, 0) is 16.4 Å². The van der Waals surface area contributed by atoms with Gasteiger partial charge in [-0.05, 0) is 37.5 Å². The quantitative estimate of drug-likeness (QED) is 0.639. The van der Waals surface area contributed by atoms with Crippen LogP contribution in [0.4, 0.5) is 11.4 Å². The fraction of sp³-hybridized carbons (Fsp3) is 0.250. The second-order valence-corrected chi connectivity index (χ2v) is 7.43. The SMILES string of the molecule is Cc1ccc2c(c1)CCCN2S(=O)(=O)c1cccc([N+](=O)[O-])c1. The molecule has 0 spiro atoms. The van der Waals surface area contributed by atoms with Gasteiger partial charge in [0.15, 0.2) is 0 Å². The number of hydrogen-bond donors (Lipinski definition) is 0. The number of hydrogen-bond acceptors (Lipinski definition) is 4. The highest BCUT2D eigenvalue weighted by atomic mass is 32.2. The molecule has 120 valence electrons. The highest BCUT2D eigenvalue weighted by Gasteiger charge is 2.30. The summed E-state index contributed by atoms with van der Waals surface area (Å²) < 4.78 is 27.2. The number of nitro benzene ring substituents is 1. The molecule has 3 rings (SSSR count). The molecule has 0 bridgehead atoms. The van der Waals surface area contributed by atoms with Crippen LogP contribution in [0.1, 0.15) is 17.5 Å². The van der Waals surface area contributed by atoms with Gasteiger partial charge in [0, 0.05) is 18.7 Å². The molecule has 0 saturated heterocycles. The van der Waals surface area contributed by atoms with Gasteiger partial charge < -0.3 is 0 Å². The molecule has 1 aliphatic heterocycles. The first-order valence-electron chi connectivity index (χ1n) is 7.26. The number of anilines is 1. The van der Waals surface area contributed by atoms with E-state index in [1.807, 2.05) is 19.1 Å². The lowest BCUT2D eigenvalue weighted by atomic mass is 10.0. The first-order valence-corrected chi connectivity index (χ1v) is 8.70. The number of aryl methyl sites for hydroxylation is 2. The Hall–Kier alpha value is -2.41. The molecule has 0 saturated carbocycles. The second kappa shape index (κ2) is 5.66. The van der Waals surface area contributed by atoms with Gasteiger partial charge in [0.2, 0.25) is 0 Å². The van der Waals surface area contributed by atoms with E-state index in [2.05, 4.69) is 0 Å². The largest absolute Gasteiger partial charge is 0.270 e. The molecule has 0 atom stereocenters. The fourth-order valence-electron chi connectivity index (χ4n) is 2.83. The fourth-order valence-corrected chi connectivity index (χ4v) is 4.41. The maximum absolute atomic E-state index is 12.9. The second-order valence-electron chi connectivity index (χ2n) is 5.57. The van der Waals surface area contributed by atoms with E-state index in [0.717, 1.165) is 30.0 Å². The van der Waals surface area contributed by atoms with Gasteiger partial charge in [-0.25, -0.2) is 8.42 Å². The third-order valence-electron chi connectivity index (χ3n) is 3.93. The van der Waals surface area contributed by atoms with Crippen LogP contribution in [0.15, 0.2) is 47.4 Å². The minimum Gasteiger partial charge on any atom is -0.266 e. The molecular formula is C16H16N2O4S. The van der Waals surface area contributed by atoms with Crippen molar-refractivity contribution < 1.29 is 13.3 Å². The third kappa shape index (κ3) is 2.79. The van der Waals surface area contributed by atoms with Crippen LogP contribution in [0.3, 0.4) is 0 Å². The lowest BCUT2D eigenvalue weighted by molar-refractivity contribution is -0.385. The normalized spacial score (nSPS) is 14.4. The average molecular weight is 332 g/mol. The van der Waals surface area contributed by atoms with Crippen molar-refractivity contribution in [1.82, 2.24) is 0 Å². The van der Waals surface area contributed by atoms with Crippen molar-refractivity contribution in [1.29, 1.82) is 0 Å². The molecular weight excluding hydrogens is 316 g/mol. The number of nitrogens with zero attached hydrogens (tertiary/aromatic N) is 2. The molecule has 2 aromatic carbocycles. The van der Waals surface area contributed by atoms with Gasteiger partial charge in [0.05, 0.1) is 15.5 Å². The average Bonchev–Trinajstić information content (AvgIpc) is 2.54. The van der Waals surface area contributed by atoms with Crippen LogP contribution in [-0.4, -0.2) is 19.9 Å². The maximum atomic E-state index is 12.9. The van der Waals surface area contributed by atoms with Crippen LogP contribution >= 0.6 is 0 Å². The molecule has 0 unspecified atom stereocenters. The minimum absolute atomic E-state index is 0.0554. The van der Waals surface area contributed by atoms with Crippen LogP contribution in [0.5, 0.6) is 0 Å². The zero-order valence-electron chi connectivity index (χ0n) is 12.6. The van der Waals surface area contributed by atoms with E-state index in [0.29, 0.717) is 12.2 Å². The van der Waals surface area contributed by atoms with E-state index in [-0.39, 0.29) is 10.6 Å². The summed E-state index contributed by atoms with van der Waals surface area (Å²) >= 11 is 0. The standard InChI is InChI=1S/C16H16N2O4S/c1-12-7-8-16-13(10-12)4-3-9-17(16)23(21,22)15-6-2-5-14(11-15)18(19)20/h2,5-8,10-11H,3-4,9H2,1H3. The van der Waals surface area contributed by atoms with Gasteiger partial charge >= 0.3 is 0 Å². The summed E-state index contributed by atoms with van der Waals surface area (Å²) in [6.07, 6.45) is 1.56. The predicted molar refractivity (Wildman–Crippen MR) is 87.1 cm³/mol. The molecule has 1 heterocycles. The molecule has 0 fully saturated rings. The van der Waals surface area contributed by atoms with E-state index in [1.54, 1.807) is 6.07 Å². The van der Waals surface area contributed by atoms with E-state index in [1.165, 1.54) is 22.5 Å². The zero-order valence-corrected chi connectivity index (χ0v) is 13.4. The van der Waals surface area contributed by atoms with Crippen LogP contribution in [0.2, 0.25) is 0 Å². The molecule has 0 amide bonds. The Balaban J connectivity index is 2.08. The molecule has 0 radical (unpaired) electrons. The van der Waals surface area contributed by atoms with Gasteiger partial charge in [-0.2, -0.15) is 0 Å². The van der Waals surface area contributed by atoms with Crippen molar-refractivity contribution in [2.24, 2.45) is 0 Å². The van der Waals surface area contributed by atoms with Crippen molar-refractivity contribution in [2.75, 3.05) is 10.8 Å². The Morgan fingerprint density at radius 1 is 1.17 bits per heavy atom. The molecule has 7 heteroatoms. The first-order chi connectivity index (χ1) is 10.9. The van der Waals surface area contributed by atoms with Gasteiger partial charge in [0.25, 0.3) is 15.7 Å². The Bertz CT molecular complexity index is 877. The highest BCUT2D eigenvalue weighted by molar-refractivity contribution is 7.92. The lowest BCUT2D eigenvalue weighted by Crippen LogP contribution is -2.35. The minimum atomic E-state index is -3.82. The number of fused-ring (bicyclic) bond motifs is 1. The Morgan fingerprint density at radius 3 is 2.70 bits per heavy atom. The molecule has 23 heavy (non-hydrogen) atoms. The van der Waals surface area contributed by atoms with E-state index < -0.39 is 14.9 Å². The molecule has 0 aromatic heterocycles. The van der Waals surface area contributed by atoms with Crippen molar-refractivity contribution in [2.45, 2.75) is 24.7 Å². The summed E-state index contributed by atoms with van der Waals surface area (Å²) in [5, 5.41) is 10.9. The molecule has 0 N–H and O–H groups in total. The molecule has 2 aromatic rings. The Labute approximate surface area is 134 Å². The van der Waals surface area contributed by atoms with E-state index in [9.17, 15) is 18.5 Å². The summed E-state index contributed by atoms with van der Waals surface area (Å²) in [7, 11) is -3.82. The monoisotopic (exact) mass is 332 g/mol. The van der Waals surface area contributed by atoms with E-state index >= 15 is 0 Å². The first kappa shape index (κ1) is 15.5. The number of nitro groups is 1. The number of benzene rings is 2. The lowest BCUT2D eigenvalue weighted by Gasteiger charge is -2.30. The summed E-state index contributed by atoms with van der Waals surface area (Å²) in [4.78, 5) is 10.2. The summed E-state index contributed by atoms with van der Waals surface area (Å²) in [6.45, 7) is 2.34. The van der Waals surface area contributed by atoms with Crippen molar-refractivity contribution in [3.05, 3.63) is 63.7 Å². The van der Waals surface area contributed by atoms with Gasteiger partial charge in [-0.15, -0.1) is 0 Å². The summed E-state index contributed by atoms with van der Waals surface area (Å²) in [6, 6.07) is 10.9. The van der Waals surface area contributed by atoms with Crippen LogP contribution in [0, 0.1) is 17.0 Å². The summed E-state index contributed by atoms with van der Waals surface area (Å²) in [5.74, 6) is 0. The molecule has 6 nitrogen and oxygen atoms in total. The predicted octanol–water partition coefficient (Wildman–Crippen LogP) is 3.04. The Morgan fingerprint density at radius 2 is 1.96 bits per heavy atom. The number of sulfonamides is 1. The van der Waals surface area contributed by atoms with Crippen molar-refractivity contribution >= 4 is 21.4 Å². The third-order valence-corrected chi connectivity index (χ3v) is 5.74. The van der Waals surface area contributed by atoms with E-state index in [4.69, 9.17) is 0 Å². The van der Waals surface area contributed by atoms with Crippen LogP contribution in [0.25, 0.3) is 0 Å². The zero-order chi connectivity index (χ0) is 16.6.